The van der Waals surface area contributed by atoms with Gasteiger partial charge in [-0.05, 0) is 42.3 Å². The number of hydrogen-bond acceptors (Lipinski definition) is 4. The Morgan fingerprint density at radius 3 is 2.82 bits per heavy atom. The van der Waals surface area contributed by atoms with Crippen molar-refractivity contribution in [2.24, 2.45) is 0 Å². The van der Waals surface area contributed by atoms with E-state index in [1.165, 1.54) is 6.08 Å². The molecule has 0 bridgehead atoms. The van der Waals surface area contributed by atoms with E-state index in [1.807, 2.05) is 67.7 Å². The third-order valence-electron chi connectivity index (χ3n) is 4.38. The molecule has 0 fully saturated rings. The van der Waals surface area contributed by atoms with E-state index in [4.69, 9.17) is 0 Å². The number of fused-ring (bicyclic) bond motifs is 1. The first-order valence-electron chi connectivity index (χ1n) is 8.96. The molecule has 2 aromatic carbocycles. The summed E-state index contributed by atoms with van der Waals surface area (Å²) in [6.07, 6.45) is 6.67. The van der Waals surface area contributed by atoms with Gasteiger partial charge in [0, 0.05) is 17.7 Å². The van der Waals surface area contributed by atoms with E-state index in [0.717, 1.165) is 27.7 Å². The molecule has 0 radical (unpaired) electrons. The van der Waals surface area contributed by atoms with Crippen molar-refractivity contribution >= 4 is 28.6 Å². The number of carbonyl (C=O) groups is 1. The molecule has 1 amide bonds. The van der Waals surface area contributed by atoms with Crippen LogP contribution in [0.2, 0.25) is 0 Å². The summed E-state index contributed by atoms with van der Waals surface area (Å²) in [4.78, 5) is 16.7. The maximum Gasteiger partial charge on any atom is 0.248 e. The van der Waals surface area contributed by atoms with E-state index in [-0.39, 0.29) is 5.91 Å². The maximum atomic E-state index is 12.3. The summed E-state index contributed by atoms with van der Waals surface area (Å²) < 4.78 is 1.74. The monoisotopic (exact) mass is 369 g/mol. The van der Waals surface area contributed by atoms with Gasteiger partial charge in [-0.15, -0.1) is 5.10 Å². The molecule has 0 aliphatic rings. The zero-order chi connectivity index (χ0) is 19.3. The van der Waals surface area contributed by atoms with Crippen molar-refractivity contribution in [3.63, 3.8) is 0 Å². The standard InChI is InChI=1S/C22H19N5O/c1-16-9-11-20(19-8-5-13-23-22(16)19)24-21(28)12-10-18-15-27(26-25-18)14-17-6-3-2-4-7-17/h2-13,15H,14H2,1H3,(H,24,28)/b12-10+. The van der Waals surface area contributed by atoms with Gasteiger partial charge < -0.3 is 5.32 Å². The van der Waals surface area contributed by atoms with Crippen LogP contribution in [0.3, 0.4) is 0 Å². The van der Waals surface area contributed by atoms with E-state index in [1.54, 1.807) is 17.0 Å². The van der Waals surface area contributed by atoms with E-state index in [2.05, 4.69) is 20.6 Å². The van der Waals surface area contributed by atoms with E-state index >= 15 is 0 Å². The maximum absolute atomic E-state index is 12.3. The highest BCUT2D eigenvalue weighted by molar-refractivity contribution is 6.07. The fourth-order valence-corrected chi connectivity index (χ4v) is 3.00. The van der Waals surface area contributed by atoms with Crippen LogP contribution in [0.15, 0.2) is 73.1 Å². The molecule has 6 nitrogen and oxygen atoms in total. The van der Waals surface area contributed by atoms with Crippen LogP contribution in [0.1, 0.15) is 16.8 Å². The number of nitrogens with one attached hydrogen (secondary N) is 1. The smallest absolute Gasteiger partial charge is 0.248 e. The highest BCUT2D eigenvalue weighted by Gasteiger charge is 2.06. The summed E-state index contributed by atoms with van der Waals surface area (Å²) in [6, 6.07) is 17.7. The molecular formula is C22H19N5O. The third-order valence-corrected chi connectivity index (χ3v) is 4.38. The number of anilines is 1. The first-order valence-corrected chi connectivity index (χ1v) is 8.96. The third kappa shape index (κ3) is 3.96. The van der Waals surface area contributed by atoms with Crippen molar-refractivity contribution in [1.82, 2.24) is 20.0 Å². The number of nitrogens with zero attached hydrogens (tertiary/aromatic N) is 4. The molecular weight excluding hydrogens is 350 g/mol. The van der Waals surface area contributed by atoms with Gasteiger partial charge in [-0.3, -0.25) is 9.78 Å². The number of rotatable bonds is 5. The molecule has 6 heteroatoms. The van der Waals surface area contributed by atoms with Crippen LogP contribution in [-0.4, -0.2) is 25.9 Å². The molecule has 0 aliphatic heterocycles. The SMILES string of the molecule is Cc1ccc(NC(=O)/C=C/c2cn(Cc3ccccc3)nn2)c2cccnc12. The fourth-order valence-electron chi connectivity index (χ4n) is 3.00. The second-order valence-electron chi connectivity index (χ2n) is 6.48. The topological polar surface area (TPSA) is 72.7 Å². The van der Waals surface area contributed by atoms with E-state index in [9.17, 15) is 4.79 Å². The van der Waals surface area contributed by atoms with Gasteiger partial charge in [-0.2, -0.15) is 0 Å². The quantitative estimate of drug-likeness (QED) is 0.543. The van der Waals surface area contributed by atoms with Crippen LogP contribution in [0, 0.1) is 6.92 Å². The van der Waals surface area contributed by atoms with Crippen LogP contribution in [0.4, 0.5) is 5.69 Å². The minimum atomic E-state index is -0.230. The summed E-state index contributed by atoms with van der Waals surface area (Å²) in [6.45, 7) is 2.63. The van der Waals surface area contributed by atoms with Gasteiger partial charge in [0.1, 0.15) is 5.69 Å². The Balaban J connectivity index is 1.45. The Hall–Kier alpha value is -3.80. The molecule has 28 heavy (non-hydrogen) atoms. The largest absolute Gasteiger partial charge is 0.322 e. The second-order valence-corrected chi connectivity index (χ2v) is 6.48. The average Bonchev–Trinajstić information content (AvgIpc) is 3.17. The van der Waals surface area contributed by atoms with Crippen molar-refractivity contribution in [3.8, 4) is 0 Å². The lowest BCUT2D eigenvalue weighted by molar-refractivity contribution is -0.111. The fraction of sp³-hybridized carbons (Fsp3) is 0.0909. The molecule has 2 heterocycles. The van der Waals surface area contributed by atoms with Gasteiger partial charge in [0.15, 0.2) is 0 Å². The normalized spacial score (nSPS) is 11.2. The predicted molar refractivity (Wildman–Crippen MR) is 110 cm³/mol. The van der Waals surface area contributed by atoms with Crippen LogP contribution in [0.25, 0.3) is 17.0 Å². The Morgan fingerprint density at radius 1 is 1.11 bits per heavy atom. The van der Waals surface area contributed by atoms with Crippen molar-refractivity contribution in [1.29, 1.82) is 0 Å². The highest BCUT2D eigenvalue weighted by Crippen LogP contribution is 2.24. The molecule has 0 atom stereocenters. The summed E-state index contributed by atoms with van der Waals surface area (Å²) in [5, 5.41) is 12.0. The first-order chi connectivity index (χ1) is 13.7. The number of hydrogen-bond donors (Lipinski definition) is 1. The molecule has 2 aromatic heterocycles. The number of aromatic nitrogens is 4. The number of amides is 1. The molecule has 0 saturated heterocycles. The molecule has 4 aromatic rings. The van der Waals surface area contributed by atoms with Gasteiger partial charge in [0.2, 0.25) is 5.91 Å². The molecule has 1 N–H and O–H groups in total. The Morgan fingerprint density at radius 2 is 1.96 bits per heavy atom. The Labute approximate surface area is 162 Å². The molecule has 0 aliphatic carbocycles. The van der Waals surface area contributed by atoms with Crippen molar-refractivity contribution in [2.75, 3.05) is 5.32 Å². The molecule has 4 rings (SSSR count). The van der Waals surface area contributed by atoms with E-state index in [0.29, 0.717) is 12.2 Å². The van der Waals surface area contributed by atoms with Crippen LogP contribution >= 0.6 is 0 Å². The molecule has 138 valence electrons. The van der Waals surface area contributed by atoms with Crippen molar-refractivity contribution in [3.05, 3.63) is 89.9 Å². The minimum Gasteiger partial charge on any atom is -0.322 e. The number of carbonyl (C=O) groups excluding carboxylic acids is 1. The highest BCUT2D eigenvalue weighted by atomic mass is 16.1. The first kappa shape index (κ1) is 17.6. The van der Waals surface area contributed by atoms with E-state index < -0.39 is 0 Å². The Bertz CT molecular complexity index is 1150. The number of benzene rings is 2. The number of aryl methyl sites for hydroxylation is 1. The van der Waals surface area contributed by atoms with Crippen LogP contribution < -0.4 is 5.32 Å². The summed E-state index contributed by atoms with van der Waals surface area (Å²) >= 11 is 0. The van der Waals surface area contributed by atoms with Gasteiger partial charge >= 0.3 is 0 Å². The lowest BCUT2D eigenvalue weighted by Crippen LogP contribution is -2.08. The predicted octanol–water partition coefficient (Wildman–Crippen LogP) is 3.83. The Kier molecular flexibility index (Phi) is 4.93. The zero-order valence-electron chi connectivity index (χ0n) is 15.4. The molecule has 0 unspecified atom stereocenters. The summed E-state index contributed by atoms with van der Waals surface area (Å²) in [5.41, 5.74) is 4.45. The van der Waals surface area contributed by atoms with Crippen molar-refractivity contribution in [2.45, 2.75) is 13.5 Å². The molecule has 0 saturated carbocycles. The molecule has 0 spiro atoms. The van der Waals surface area contributed by atoms with Gasteiger partial charge in [0.25, 0.3) is 0 Å². The van der Waals surface area contributed by atoms with Gasteiger partial charge in [-0.1, -0.05) is 41.6 Å². The van der Waals surface area contributed by atoms with Gasteiger partial charge in [0.05, 0.1) is 23.9 Å². The van der Waals surface area contributed by atoms with Crippen molar-refractivity contribution < 1.29 is 4.79 Å². The minimum absolute atomic E-state index is 0.230. The average molecular weight is 369 g/mol. The van der Waals surface area contributed by atoms with Crippen LogP contribution in [-0.2, 0) is 11.3 Å². The zero-order valence-corrected chi connectivity index (χ0v) is 15.4. The summed E-state index contributed by atoms with van der Waals surface area (Å²) in [5.74, 6) is -0.230. The lowest BCUT2D eigenvalue weighted by atomic mass is 10.1. The number of pyridine rings is 1. The van der Waals surface area contributed by atoms with Crippen LogP contribution in [0.5, 0.6) is 0 Å². The summed E-state index contributed by atoms with van der Waals surface area (Å²) in [7, 11) is 0. The lowest BCUT2D eigenvalue weighted by Gasteiger charge is -2.08. The second kappa shape index (κ2) is 7.84. The van der Waals surface area contributed by atoms with Gasteiger partial charge in [-0.25, -0.2) is 4.68 Å².